The molecule has 0 radical (unpaired) electrons. The fourth-order valence-corrected chi connectivity index (χ4v) is 3.69. The molecule has 1 fully saturated rings. The summed E-state index contributed by atoms with van der Waals surface area (Å²) in [6.07, 6.45) is 6.58. The van der Waals surface area contributed by atoms with Gasteiger partial charge in [0.1, 0.15) is 5.76 Å². The van der Waals surface area contributed by atoms with Gasteiger partial charge in [0.25, 0.3) is 0 Å². The number of amides is 1. The number of pyridine rings is 1. The van der Waals surface area contributed by atoms with Gasteiger partial charge in [-0.05, 0) is 30.2 Å². The van der Waals surface area contributed by atoms with E-state index in [0.29, 0.717) is 11.7 Å². The summed E-state index contributed by atoms with van der Waals surface area (Å²) in [5.74, 6) is 2.15. The molecule has 3 heterocycles. The lowest BCUT2D eigenvalue weighted by Gasteiger charge is -2.20. The molecule has 2 aromatic rings. The number of rotatable bonds is 3. The van der Waals surface area contributed by atoms with Gasteiger partial charge < -0.3 is 9.32 Å². The lowest BCUT2D eigenvalue weighted by molar-refractivity contribution is -0.130. The van der Waals surface area contributed by atoms with Crippen LogP contribution >= 0.6 is 11.8 Å². The van der Waals surface area contributed by atoms with Gasteiger partial charge in [-0.1, -0.05) is 6.07 Å². The highest BCUT2D eigenvalue weighted by Crippen LogP contribution is 2.34. The van der Waals surface area contributed by atoms with E-state index in [1.165, 1.54) is 0 Å². The molecule has 3 rings (SSSR count). The summed E-state index contributed by atoms with van der Waals surface area (Å²) in [5.41, 5.74) is 0.974. The molecule has 5 heteroatoms. The number of furan rings is 1. The Labute approximate surface area is 128 Å². The van der Waals surface area contributed by atoms with Crippen LogP contribution in [0.5, 0.6) is 0 Å². The van der Waals surface area contributed by atoms with Gasteiger partial charge in [-0.15, -0.1) is 11.8 Å². The van der Waals surface area contributed by atoms with Crippen molar-refractivity contribution in [3.05, 3.63) is 54.2 Å². The van der Waals surface area contributed by atoms with Crippen LogP contribution in [0.15, 0.2) is 47.3 Å². The minimum atomic E-state index is 0.184. The fraction of sp³-hybridized carbons (Fsp3) is 0.375. The van der Waals surface area contributed by atoms with Gasteiger partial charge in [0.2, 0.25) is 5.91 Å². The quantitative estimate of drug-likeness (QED) is 0.874. The van der Waals surface area contributed by atoms with Crippen molar-refractivity contribution >= 4 is 17.7 Å². The van der Waals surface area contributed by atoms with E-state index in [9.17, 15) is 4.79 Å². The molecule has 1 amide bonds. The zero-order valence-electron chi connectivity index (χ0n) is 11.8. The Morgan fingerprint density at radius 1 is 1.38 bits per heavy atom. The molecule has 1 atom stereocenters. The van der Waals surface area contributed by atoms with Crippen molar-refractivity contribution in [2.75, 3.05) is 18.8 Å². The second-order valence-corrected chi connectivity index (χ2v) is 6.39. The highest BCUT2D eigenvalue weighted by Gasteiger charge is 2.23. The molecular weight excluding hydrogens is 284 g/mol. The van der Waals surface area contributed by atoms with Crippen LogP contribution in [-0.2, 0) is 11.2 Å². The third-order valence-corrected chi connectivity index (χ3v) is 4.92. The van der Waals surface area contributed by atoms with Crippen molar-refractivity contribution in [1.29, 1.82) is 0 Å². The molecule has 0 bridgehead atoms. The highest BCUT2D eigenvalue weighted by molar-refractivity contribution is 7.99. The van der Waals surface area contributed by atoms with Crippen molar-refractivity contribution in [2.24, 2.45) is 0 Å². The lowest BCUT2D eigenvalue weighted by atomic mass is 10.2. The molecule has 0 N–H and O–H groups in total. The first kappa shape index (κ1) is 14.2. The Morgan fingerprint density at radius 2 is 2.33 bits per heavy atom. The first-order chi connectivity index (χ1) is 10.3. The zero-order valence-corrected chi connectivity index (χ0v) is 12.6. The minimum absolute atomic E-state index is 0.184. The molecule has 2 aromatic heterocycles. The summed E-state index contributed by atoms with van der Waals surface area (Å²) < 4.78 is 5.49. The molecule has 0 saturated carbocycles. The SMILES string of the molecule is O=C(Cc1cccnc1)N1CCS[C@H](c2ccco2)CC1. The fourth-order valence-electron chi connectivity index (χ4n) is 2.51. The van der Waals surface area contributed by atoms with E-state index >= 15 is 0 Å². The van der Waals surface area contributed by atoms with Gasteiger partial charge in [-0.2, -0.15) is 0 Å². The molecule has 1 saturated heterocycles. The smallest absolute Gasteiger partial charge is 0.227 e. The maximum atomic E-state index is 12.4. The number of hydrogen-bond acceptors (Lipinski definition) is 4. The number of aromatic nitrogens is 1. The molecule has 4 nitrogen and oxygen atoms in total. The molecule has 110 valence electrons. The molecule has 0 unspecified atom stereocenters. The van der Waals surface area contributed by atoms with E-state index < -0.39 is 0 Å². The van der Waals surface area contributed by atoms with E-state index in [0.717, 1.165) is 36.6 Å². The molecule has 21 heavy (non-hydrogen) atoms. The van der Waals surface area contributed by atoms with Gasteiger partial charge in [0.15, 0.2) is 0 Å². The summed E-state index contributed by atoms with van der Waals surface area (Å²) >= 11 is 1.87. The monoisotopic (exact) mass is 302 g/mol. The van der Waals surface area contributed by atoms with Crippen molar-refractivity contribution in [2.45, 2.75) is 18.1 Å². The summed E-state index contributed by atoms with van der Waals surface area (Å²) in [6.45, 7) is 1.60. The number of thioether (sulfide) groups is 1. The zero-order chi connectivity index (χ0) is 14.5. The van der Waals surface area contributed by atoms with Gasteiger partial charge in [0, 0.05) is 31.2 Å². The molecular formula is C16H18N2O2S. The maximum Gasteiger partial charge on any atom is 0.227 e. The largest absolute Gasteiger partial charge is 0.468 e. The van der Waals surface area contributed by atoms with Crippen LogP contribution in [0.25, 0.3) is 0 Å². The second kappa shape index (κ2) is 6.80. The summed E-state index contributed by atoms with van der Waals surface area (Å²) in [6, 6.07) is 7.76. The standard InChI is InChI=1S/C16H18N2O2S/c19-16(11-13-3-1-6-17-12-13)18-7-5-15(21-10-8-18)14-4-2-9-20-14/h1-4,6,9,12,15H,5,7-8,10-11H2/t15-/m0/s1. The van der Waals surface area contributed by atoms with Crippen LogP contribution in [-0.4, -0.2) is 34.6 Å². The van der Waals surface area contributed by atoms with Crippen molar-refractivity contribution in [3.63, 3.8) is 0 Å². The van der Waals surface area contributed by atoms with E-state index in [-0.39, 0.29) is 5.91 Å². The molecule has 0 aromatic carbocycles. The van der Waals surface area contributed by atoms with Crippen LogP contribution in [0.4, 0.5) is 0 Å². The molecule has 0 spiro atoms. The van der Waals surface area contributed by atoms with Crippen LogP contribution in [0.2, 0.25) is 0 Å². The normalized spacial score (nSPS) is 19.2. The number of carbonyl (C=O) groups is 1. The van der Waals surface area contributed by atoms with Crippen LogP contribution < -0.4 is 0 Å². The van der Waals surface area contributed by atoms with Crippen molar-refractivity contribution in [1.82, 2.24) is 9.88 Å². The first-order valence-corrected chi connectivity index (χ1v) is 8.19. The maximum absolute atomic E-state index is 12.4. The summed E-state index contributed by atoms with van der Waals surface area (Å²) in [7, 11) is 0. The topological polar surface area (TPSA) is 46.3 Å². The van der Waals surface area contributed by atoms with Gasteiger partial charge in [-0.25, -0.2) is 0 Å². The molecule has 1 aliphatic rings. The molecule has 0 aliphatic carbocycles. The third-order valence-electron chi connectivity index (χ3n) is 3.63. The number of hydrogen-bond donors (Lipinski definition) is 0. The van der Waals surface area contributed by atoms with Crippen molar-refractivity contribution in [3.8, 4) is 0 Å². The number of nitrogens with zero attached hydrogens (tertiary/aromatic N) is 2. The minimum Gasteiger partial charge on any atom is -0.468 e. The van der Waals surface area contributed by atoms with Crippen LogP contribution in [0.3, 0.4) is 0 Å². The first-order valence-electron chi connectivity index (χ1n) is 7.14. The Bertz CT molecular complexity index is 571. The van der Waals surface area contributed by atoms with Crippen molar-refractivity contribution < 1.29 is 9.21 Å². The molecule has 1 aliphatic heterocycles. The Kier molecular flexibility index (Phi) is 4.60. The summed E-state index contributed by atoms with van der Waals surface area (Å²) in [5, 5.41) is 0.358. The highest BCUT2D eigenvalue weighted by atomic mass is 32.2. The van der Waals surface area contributed by atoms with Crippen LogP contribution in [0, 0.1) is 0 Å². The third kappa shape index (κ3) is 3.67. The van der Waals surface area contributed by atoms with Gasteiger partial charge in [0.05, 0.1) is 17.9 Å². The average Bonchev–Trinajstić information content (AvgIpc) is 2.93. The predicted octanol–water partition coefficient (Wildman–Crippen LogP) is 2.92. The van der Waals surface area contributed by atoms with Gasteiger partial charge in [-0.3, -0.25) is 9.78 Å². The number of carbonyl (C=O) groups excluding carboxylic acids is 1. The second-order valence-electron chi connectivity index (χ2n) is 5.08. The predicted molar refractivity (Wildman–Crippen MR) is 83.0 cm³/mol. The van der Waals surface area contributed by atoms with Crippen LogP contribution in [0.1, 0.15) is 23.0 Å². The van der Waals surface area contributed by atoms with E-state index in [1.54, 1.807) is 18.7 Å². The Hall–Kier alpha value is -1.75. The van der Waals surface area contributed by atoms with Gasteiger partial charge >= 0.3 is 0 Å². The van der Waals surface area contributed by atoms with E-state index in [4.69, 9.17) is 4.42 Å². The summed E-state index contributed by atoms with van der Waals surface area (Å²) in [4.78, 5) is 18.4. The lowest BCUT2D eigenvalue weighted by Crippen LogP contribution is -2.34. The Balaban J connectivity index is 1.58. The van der Waals surface area contributed by atoms with E-state index in [1.807, 2.05) is 40.9 Å². The average molecular weight is 302 g/mol. The van der Waals surface area contributed by atoms with E-state index in [2.05, 4.69) is 4.98 Å². The Morgan fingerprint density at radius 3 is 3.10 bits per heavy atom.